The lowest BCUT2D eigenvalue weighted by Crippen LogP contribution is -1.98. The van der Waals surface area contributed by atoms with Crippen LogP contribution in [-0.4, -0.2) is 18.2 Å². The number of hydrogen-bond donors (Lipinski definition) is 1. The highest BCUT2D eigenvalue weighted by atomic mass is 16.5. The molecule has 0 unspecified atom stereocenters. The Balaban J connectivity index is 2.89. The fraction of sp³-hybridized carbons (Fsp3) is 0.0769. The van der Waals surface area contributed by atoms with E-state index in [-0.39, 0.29) is 5.56 Å². The van der Waals surface area contributed by atoms with Crippen molar-refractivity contribution in [3.05, 3.63) is 41.5 Å². The summed E-state index contributed by atoms with van der Waals surface area (Å²) >= 11 is 0. The van der Waals surface area contributed by atoms with Gasteiger partial charge in [0.25, 0.3) is 0 Å². The Morgan fingerprint density at radius 1 is 1.29 bits per heavy atom. The molecule has 2 rings (SSSR count). The van der Waals surface area contributed by atoms with E-state index in [1.54, 1.807) is 24.3 Å². The van der Waals surface area contributed by atoms with Crippen molar-refractivity contribution >= 4 is 16.7 Å². The van der Waals surface area contributed by atoms with Crippen LogP contribution in [0.15, 0.2) is 30.3 Å². The molecule has 0 fully saturated rings. The van der Waals surface area contributed by atoms with Crippen molar-refractivity contribution in [2.24, 2.45) is 0 Å². The lowest BCUT2D eigenvalue weighted by atomic mass is 10.00. The first-order chi connectivity index (χ1) is 8.19. The van der Waals surface area contributed by atoms with Gasteiger partial charge in [-0.1, -0.05) is 12.1 Å². The van der Waals surface area contributed by atoms with Crippen molar-refractivity contribution < 1.29 is 14.6 Å². The predicted molar refractivity (Wildman–Crippen MR) is 62.2 cm³/mol. The summed E-state index contributed by atoms with van der Waals surface area (Å²) in [4.78, 5) is 11.1. The Morgan fingerprint density at radius 2 is 2.06 bits per heavy atom. The van der Waals surface area contributed by atoms with Gasteiger partial charge in [-0.15, -0.1) is 0 Å². The van der Waals surface area contributed by atoms with Crippen molar-refractivity contribution in [1.29, 1.82) is 5.26 Å². The van der Waals surface area contributed by atoms with Crippen molar-refractivity contribution in [3.63, 3.8) is 0 Å². The highest BCUT2D eigenvalue weighted by molar-refractivity contribution is 6.05. The minimum absolute atomic E-state index is 0.182. The van der Waals surface area contributed by atoms with E-state index >= 15 is 0 Å². The molecule has 2 aromatic carbocycles. The van der Waals surface area contributed by atoms with E-state index in [1.165, 1.54) is 13.2 Å². The molecule has 0 aliphatic rings. The van der Waals surface area contributed by atoms with E-state index in [0.29, 0.717) is 22.1 Å². The number of ether oxygens (including phenoxy) is 1. The molecule has 0 heterocycles. The predicted octanol–water partition coefficient (Wildman–Crippen LogP) is 2.42. The highest BCUT2D eigenvalue weighted by Gasteiger charge is 2.13. The van der Waals surface area contributed by atoms with Crippen molar-refractivity contribution in [3.8, 4) is 11.8 Å². The maximum atomic E-state index is 11.1. The SMILES string of the molecule is COc1ccc2c(C(=O)O)cccc2c1C#N. The van der Waals surface area contributed by atoms with Gasteiger partial charge in [-0.2, -0.15) is 5.26 Å². The summed E-state index contributed by atoms with van der Waals surface area (Å²) in [7, 11) is 1.48. The van der Waals surface area contributed by atoms with E-state index in [9.17, 15) is 4.79 Å². The molecule has 0 radical (unpaired) electrons. The van der Waals surface area contributed by atoms with Crippen molar-refractivity contribution in [1.82, 2.24) is 0 Å². The van der Waals surface area contributed by atoms with Gasteiger partial charge in [0.1, 0.15) is 17.4 Å². The van der Waals surface area contributed by atoms with Crippen LogP contribution in [0.1, 0.15) is 15.9 Å². The van der Waals surface area contributed by atoms with Crippen LogP contribution in [0.2, 0.25) is 0 Å². The second-order valence-corrected chi connectivity index (χ2v) is 3.46. The zero-order valence-electron chi connectivity index (χ0n) is 9.10. The molecule has 0 aliphatic carbocycles. The third-order valence-corrected chi connectivity index (χ3v) is 2.59. The minimum Gasteiger partial charge on any atom is -0.495 e. The number of nitriles is 1. The molecule has 84 valence electrons. The van der Waals surface area contributed by atoms with Gasteiger partial charge < -0.3 is 9.84 Å². The van der Waals surface area contributed by atoms with Crippen LogP contribution in [0.3, 0.4) is 0 Å². The molecule has 4 nitrogen and oxygen atoms in total. The highest BCUT2D eigenvalue weighted by Crippen LogP contribution is 2.29. The molecule has 0 bridgehead atoms. The summed E-state index contributed by atoms with van der Waals surface area (Å²) in [6, 6.07) is 10.1. The number of benzene rings is 2. The third-order valence-electron chi connectivity index (χ3n) is 2.59. The normalized spacial score (nSPS) is 9.88. The molecule has 0 spiro atoms. The van der Waals surface area contributed by atoms with Crippen LogP contribution in [-0.2, 0) is 0 Å². The monoisotopic (exact) mass is 227 g/mol. The van der Waals surface area contributed by atoms with Crippen LogP contribution in [0.5, 0.6) is 5.75 Å². The van der Waals surface area contributed by atoms with Crippen LogP contribution in [0.25, 0.3) is 10.8 Å². The van der Waals surface area contributed by atoms with Crippen LogP contribution in [0, 0.1) is 11.3 Å². The summed E-state index contributed by atoms with van der Waals surface area (Å²) in [5.74, 6) is -0.563. The molecule has 1 N–H and O–H groups in total. The first-order valence-electron chi connectivity index (χ1n) is 4.92. The molecule has 0 atom stereocenters. The number of aromatic carboxylic acids is 1. The second kappa shape index (κ2) is 4.14. The summed E-state index contributed by atoms with van der Waals surface area (Å²) in [5, 5.41) is 19.3. The number of carbonyl (C=O) groups is 1. The minimum atomic E-state index is -1.01. The molecular weight excluding hydrogens is 218 g/mol. The largest absolute Gasteiger partial charge is 0.495 e. The average molecular weight is 227 g/mol. The molecule has 0 saturated carbocycles. The second-order valence-electron chi connectivity index (χ2n) is 3.46. The first kappa shape index (κ1) is 11.0. The Hall–Kier alpha value is -2.54. The molecule has 2 aromatic rings. The van der Waals surface area contributed by atoms with Gasteiger partial charge in [0.05, 0.1) is 12.7 Å². The Bertz CT molecular complexity index is 641. The molecule has 0 aliphatic heterocycles. The number of fused-ring (bicyclic) bond motifs is 1. The smallest absolute Gasteiger partial charge is 0.336 e. The fourth-order valence-electron chi connectivity index (χ4n) is 1.81. The lowest BCUT2D eigenvalue weighted by Gasteiger charge is -2.07. The van der Waals surface area contributed by atoms with Gasteiger partial charge in [0, 0.05) is 5.39 Å². The summed E-state index contributed by atoms with van der Waals surface area (Å²) in [5.41, 5.74) is 0.537. The molecule has 0 amide bonds. The molecular formula is C13H9NO3. The maximum Gasteiger partial charge on any atom is 0.336 e. The van der Waals surface area contributed by atoms with Gasteiger partial charge in [-0.3, -0.25) is 0 Å². The topological polar surface area (TPSA) is 70.3 Å². The van der Waals surface area contributed by atoms with Gasteiger partial charge >= 0.3 is 5.97 Å². The maximum absolute atomic E-state index is 11.1. The third kappa shape index (κ3) is 1.68. The van der Waals surface area contributed by atoms with Gasteiger partial charge in [0.15, 0.2) is 0 Å². The zero-order chi connectivity index (χ0) is 12.4. The quantitative estimate of drug-likeness (QED) is 0.855. The van der Waals surface area contributed by atoms with E-state index in [0.717, 1.165) is 0 Å². The van der Waals surface area contributed by atoms with E-state index in [1.807, 2.05) is 6.07 Å². The Labute approximate surface area is 97.7 Å². The van der Waals surface area contributed by atoms with Gasteiger partial charge in [-0.25, -0.2) is 4.79 Å². The number of hydrogen-bond acceptors (Lipinski definition) is 3. The summed E-state index contributed by atoms with van der Waals surface area (Å²) < 4.78 is 5.07. The first-order valence-corrected chi connectivity index (χ1v) is 4.92. The number of nitrogens with zero attached hydrogens (tertiary/aromatic N) is 1. The van der Waals surface area contributed by atoms with Crippen molar-refractivity contribution in [2.75, 3.05) is 7.11 Å². The number of rotatable bonds is 2. The van der Waals surface area contributed by atoms with E-state index in [4.69, 9.17) is 15.1 Å². The zero-order valence-corrected chi connectivity index (χ0v) is 9.10. The fourth-order valence-corrected chi connectivity index (χ4v) is 1.81. The Morgan fingerprint density at radius 3 is 2.65 bits per heavy atom. The molecule has 17 heavy (non-hydrogen) atoms. The molecule has 0 aromatic heterocycles. The summed E-state index contributed by atoms with van der Waals surface area (Å²) in [6.45, 7) is 0. The molecule has 0 saturated heterocycles. The van der Waals surface area contributed by atoms with Gasteiger partial charge in [-0.05, 0) is 23.6 Å². The van der Waals surface area contributed by atoms with E-state index in [2.05, 4.69) is 0 Å². The number of carboxylic acid groups (broad SMARTS) is 1. The van der Waals surface area contributed by atoms with Crippen LogP contribution in [0.4, 0.5) is 0 Å². The van der Waals surface area contributed by atoms with Gasteiger partial charge in [0.2, 0.25) is 0 Å². The van der Waals surface area contributed by atoms with Crippen molar-refractivity contribution in [2.45, 2.75) is 0 Å². The number of methoxy groups -OCH3 is 1. The lowest BCUT2D eigenvalue weighted by molar-refractivity contribution is 0.0699. The van der Waals surface area contributed by atoms with Crippen LogP contribution >= 0.6 is 0 Å². The van der Waals surface area contributed by atoms with Crippen LogP contribution < -0.4 is 4.74 Å². The Kier molecular flexibility index (Phi) is 2.67. The van der Waals surface area contributed by atoms with E-state index < -0.39 is 5.97 Å². The summed E-state index contributed by atoms with van der Waals surface area (Å²) in [6.07, 6.45) is 0. The molecule has 4 heteroatoms. The standard InChI is InChI=1S/C13H9NO3/c1-17-12-6-5-9-8(11(12)7-14)3-2-4-10(9)13(15)16/h2-6H,1H3,(H,15,16). The number of carboxylic acids is 1. The average Bonchev–Trinajstić information content (AvgIpc) is 2.36.